The highest BCUT2D eigenvalue weighted by atomic mass is 16.6. The van der Waals surface area contributed by atoms with E-state index in [0.717, 1.165) is 37.9 Å². The third-order valence-corrected chi connectivity index (χ3v) is 4.42. The van der Waals surface area contributed by atoms with Crippen molar-refractivity contribution in [2.24, 2.45) is 5.92 Å². The second kappa shape index (κ2) is 9.17. The van der Waals surface area contributed by atoms with Gasteiger partial charge in [-0.3, -0.25) is 14.9 Å². The van der Waals surface area contributed by atoms with E-state index in [0.29, 0.717) is 25.4 Å². The first-order chi connectivity index (χ1) is 11.6. The number of nitro groups is 1. The number of non-ortho nitro benzene ring substituents is 1. The number of piperidine rings is 1. The summed E-state index contributed by atoms with van der Waals surface area (Å²) in [4.78, 5) is 24.7. The van der Waals surface area contributed by atoms with Crippen molar-refractivity contribution < 1.29 is 9.72 Å². The summed E-state index contributed by atoms with van der Waals surface area (Å²) in [5.41, 5.74) is 0.814. The Morgan fingerprint density at radius 1 is 1.42 bits per heavy atom. The van der Waals surface area contributed by atoms with E-state index in [2.05, 4.69) is 11.9 Å². The summed E-state index contributed by atoms with van der Waals surface area (Å²) in [6.45, 7) is 6.60. The van der Waals surface area contributed by atoms with Crippen LogP contribution >= 0.6 is 0 Å². The van der Waals surface area contributed by atoms with E-state index < -0.39 is 4.92 Å². The van der Waals surface area contributed by atoms with Crippen molar-refractivity contribution in [1.29, 1.82) is 0 Å². The van der Waals surface area contributed by atoms with Crippen molar-refractivity contribution in [2.75, 3.05) is 19.6 Å². The van der Waals surface area contributed by atoms with Crippen molar-refractivity contribution >= 4 is 11.6 Å². The molecule has 1 fully saturated rings. The predicted molar refractivity (Wildman–Crippen MR) is 93.5 cm³/mol. The molecule has 6 nitrogen and oxygen atoms in total. The minimum absolute atomic E-state index is 0.0493. The van der Waals surface area contributed by atoms with Gasteiger partial charge in [-0.05, 0) is 43.8 Å². The fourth-order valence-corrected chi connectivity index (χ4v) is 3.06. The monoisotopic (exact) mass is 331 g/mol. The average molecular weight is 331 g/mol. The van der Waals surface area contributed by atoms with Gasteiger partial charge in [-0.25, -0.2) is 0 Å². The van der Waals surface area contributed by atoms with Gasteiger partial charge in [0, 0.05) is 31.6 Å². The van der Waals surface area contributed by atoms with Gasteiger partial charge in [0.25, 0.3) is 5.69 Å². The number of amides is 1. The lowest BCUT2D eigenvalue weighted by Gasteiger charge is -2.25. The van der Waals surface area contributed by atoms with Crippen LogP contribution in [-0.2, 0) is 11.3 Å². The van der Waals surface area contributed by atoms with Crippen LogP contribution in [0.4, 0.5) is 5.69 Å². The fourth-order valence-electron chi connectivity index (χ4n) is 3.06. The number of hydrogen-bond acceptors (Lipinski definition) is 4. The molecule has 130 valence electrons. The molecule has 0 bridgehead atoms. The number of nitrogens with one attached hydrogen (secondary N) is 1. The zero-order chi connectivity index (χ0) is 17.4. The Morgan fingerprint density at radius 3 is 2.83 bits per heavy atom. The second-order valence-electron chi connectivity index (χ2n) is 6.22. The van der Waals surface area contributed by atoms with Crippen LogP contribution in [0.15, 0.2) is 36.9 Å². The third kappa shape index (κ3) is 5.45. The molecule has 0 atom stereocenters. The van der Waals surface area contributed by atoms with Gasteiger partial charge in [-0.15, -0.1) is 6.58 Å². The number of nitro benzene ring substituents is 1. The molecule has 6 heteroatoms. The number of hydrogen-bond donors (Lipinski definition) is 1. The second-order valence-corrected chi connectivity index (χ2v) is 6.22. The summed E-state index contributed by atoms with van der Waals surface area (Å²) < 4.78 is 0. The Hall–Kier alpha value is -2.21. The van der Waals surface area contributed by atoms with Crippen molar-refractivity contribution in [3.63, 3.8) is 0 Å². The Labute approximate surface area is 142 Å². The molecule has 1 aliphatic heterocycles. The molecule has 1 amide bonds. The van der Waals surface area contributed by atoms with Crippen LogP contribution in [0, 0.1) is 16.0 Å². The van der Waals surface area contributed by atoms with Crippen LogP contribution < -0.4 is 5.32 Å². The third-order valence-electron chi connectivity index (χ3n) is 4.42. The summed E-state index contributed by atoms with van der Waals surface area (Å²) in [5.74, 6) is 0.693. The van der Waals surface area contributed by atoms with E-state index in [-0.39, 0.29) is 11.6 Å². The molecule has 2 rings (SSSR count). The number of nitrogens with zero attached hydrogens (tertiary/aromatic N) is 2. The van der Waals surface area contributed by atoms with E-state index in [1.807, 2.05) is 6.07 Å². The van der Waals surface area contributed by atoms with Crippen LogP contribution in [0.2, 0.25) is 0 Å². The highest BCUT2D eigenvalue weighted by Gasteiger charge is 2.18. The van der Waals surface area contributed by atoms with Crippen molar-refractivity contribution in [3.05, 3.63) is 52.6 Å². The van der Waals surface area contributed by atoms with E-state index in [9.17, 15) is 14.9 Å². The molecule has 1 saturated heterocycles. The first kappa shape index (κ1) is 18.1. The van der Waals surface area contributed by atoms with Gasteiger partial charge < -0.3 is 10.2 Å². The zero-order valence-corrected chi connectivity index (χ0v) is 13.9. The van der Waals surface area contributed by atoms with Crippen molar-refractivity contribution in [3.8, 4) is 0 Å². The van der Waals surface area contributed by atoms with Crippen LogP contribution in [0.1, 0.15) is 31.2 Å². The van der Waals surface area contributed by atoms with Crippen LogP contribution in [0.5, 0.6) is 0 Å². The standard InChI is InChI=1S/C18H25N3O3/c1-2-12-20(14-16-4-3-5-17(13-16)21(23)24)18(22)7-6-15-8-10-19-11-9-15/h2-5,13,15,19H,1,6-12,14H2. The summed E-state index contributed by atoms with van der Waals surface area (Å²) in [7, 11) is 0. The smallest absolute Gasteiger partial charge is 0.269 e. The first-order valence-electron chi connectivity index (χ1n) is 8.43. The molecule has 24 heavy (non-hydrogen) atoms. The Kier molecular flexibility index (Phi) is 6.93. The van der Waals surface area contributed by atoms with Crippen LogP contribution in [-0.4, -0.2) is 35.4 Å². The molecule has 0 aliphatic carbocycles. The molecular formula is C18H25N3O3. The van der Waals surface area contributed by atoms with Gasteiger partial charge in [-0.1, -0.05) is 18.2 Å². The lowest BCUT2D eigenvalue weighted by Crippen LogP contribution is -2.32. The Morgan fingerprint density at radius 2 is 2.17 bits per heavy atom. The molecule has 1 aromatic carbocycles. The van der Waals surface area contributed by atoms with E-state index >= 15 is 0 Å². The number of carbonyl (C=O) groups is 1. The average Bonchev–Trinajstić information content (AvgIpc) is 2.60. The molecule has 0 saturated carbocycles. The van der Waals surface area contributed by atoms with Crippen LogP contribution in [0.25, 0.3) is 0 Å². The van der Waals surface area contributed by atoms with Crippen LogP contribution in [0.3, 0.4) is 0 Å². The molecule has 1 aromatic rings. The summed E-state index contributed by atoms with van der Waals surface area (Å²) in [5, 5.41) is 14.2. The fraction of sp³-hybridized carbons (Fsp3) is 0.500. The van der Waals surface area contributed by atoms with Gasteiger partial charge >= 0.3 is 0 Å². The lowest BCUT2D eigenvalue weighted by atomic mass is 9.93. The first-order valence-corrected chi connectivity index (χ1v) is 8.43. The molecule has 0 radical (unpaired) electrons. The topological polar surface area (TPSA) is 75.5 Å². The molecule has 1 aliphatic rings. The Balaban J connectivity index is 1.94. The molecule has 0 unspecified atom stereocenters. The summed E-state index contributed by atoms with van der Waals surface area (Å²) in [6, 6.07) is 6.44. The highest BCUT2D eigenvalue weighted by molar-refractivity contribution is 5.76. The maximum Gasteiger partial charge on any atom is 0.269 e. The summed E-state index contributed by atoms with van der Waals surface area (Å²) >= 11 is 0. The molecule has 0 spiro atoms. The number of benzene rings is 1. The van der Waals surface area contributed by atoms with E-state index in [1.165, 1.54) is 12.1 Å². The largest absolute Gasteiger partial charge is 0.335 e. The number of rotatable bonds is 8. The maximum atomic E-state index is 12.5. The quantitative estimate of drug-likeness (QED) is 0.451. The SMILES string of the molecule is C=CCN(Cc1cccc([N+](=O)[O-])c1)C(=O)CCC1CCNCC1. The number of carbonyl (C=O) groups excluding carboxylic acids is 1. The normalized spacial score (nSPS) is 15.0. The molecule has 1 heterocycles. The summed E-state index contributed by atoms with van der Waals surface area (Å²) in [6.07, 6.45) is 5.37. The zero-order valence-electron chi connectivity index (χ0n) is 13.9. The van der Waals surface area contributed by atoms with E-state index in [4.69, 9.17) is 0 Å². The maximum absolute atomic E-state index is 12.5. The predicted octanol–water partition coefficient (Wildman–Crippen LogP) is 2.89. The van der Waals surface area contributed by atoms with Gasteiger partial charge in [0.15, 0.2) is 0 Å². The van der Waals surface area contributed by atoms with Crippen molar-refractivity contribution in [1.82, 2.24) is 10.2 Å². The molecule has 0 aromatic heterocycles. The highest BCUT2D eigenvalue weighted by Crippen LogP contribution is 2.20. The molecule has 1 N–H and O–H groups in total. The van der Waals surface area contributed by atoms with E-state index in [1.54, 1.807) is 17.0 Å². The lowest BCUT2D eigenvalue weighted by molar-refractivity contribution is -0.384. The van der Waals surface area contributed by atoms with Crippen molar-refractivity contribution in [2.45, 2.75) is 32.2 Å². The van der Waals surface area contributed by atoms with Gasteiger partial charge in [0.05, 0.1) is 4.92 Å². The minimum Gasteiger partial charge on any atom is -0.335 e. The van der Waals surface area contributed by atoms with Gasteiger partial charge in [0.1, 0.15) is 0 Å². The van der Waals surface area contributed by atoms with Gasteiger partial charge in [0.2, 0.25) is 5.91 Å². The Bertz CT molecular complexity index is 583. The minimum atomic E-state index is -0.416. The molecular weight excluding hydrogens is 306 g/mol. The van der Waals surface area contributed by atoms with Gasteiger partial charge in [-0.2, -0.15) is 0 Å².